The van der Waals surface area contributed by atoms with E-state index < -0.39 is 16.9 Å². The van der Waals surface area contributed by atoms with Crippen molar-refractivity contribution in [3.8, 4) is 11.5 Å². The Bertz CT molecular complexity index is 859. The molecule has 0 bridgehead atoms. The minimum atomic E-state index is -0.868. The average Bonchev–Trinajstić information content (AvgIpc) is 3.17. The monoisotopic (exact) mass is 390 g/mol. The molecule has 0 aromatic heterocycles. The van der Waals surface area contributed by atoms with Crippen molar-refractivity contribution in [2.45, 2.75) is 18.0 Å². The number of aliphatic carboxylic acids is 1. The first kappa shape index (κ1) is 19.0. The molecule has 2 atom stereocenters. The van der Waals surface area contributed by atoms with Crippen molar-refractivity contribution >= 4 is 23.4 Å². The van der Waals surface area contributed by atoms with E-state index in [-0.39, 0.29) is 17.7 Å². The number of nitro groups is 1. The number of nitro benzene ring substituents is 1. The predicted octanol–water partition coefficient (Wildman–Crippen LogP) is 2.97. The number of rotatable bonds is 7. The zero-order chi connectivity index (χ0) is 19.4. The molecule has 0 aliphatic carbocycles. The number of hydrogen-bond acceptors (Lipinski definition) is 7. The molecule has 0 amide bonds. The van der Waals surface area contributed by atoms with Gasteiger partial charge in [0.05, 0.1) is 23.5 Å². The molecule has 1 heterocycles. The van der Waals surface area contributed by atoms with Gasteiger partial charge in [-0.25, -0.2) is 0 Å². The lowest BCUT2D eigenvalue weighted by Crippen LogP contribution is -2.33. The third kappa shape index (κ3) is 4.50. The second-order valence-electron chi connectivity index (χ2n) is 5.89. The van der Waals surface area contributed by atoms with Gasteiger partial charge in [-0.15, -0.1) is 11.8 Å². The molecule has 8 nitrogen and oxygen atoms in total. The van der Waals surface area contributed by atoms with E-state index in [4.69, 9.17) is 14.6 Å². The van der Waals surface area contributed by atoms with E-state index in [0.29, 0.717) is 17.3 Å². The van der Waals surface area contributed by atoms with Gasteiger partial charge in [-0.3, -0.25) is 20.2 Å². The zero-order valence-electron chi connectivity index (χ0n) is 14.5. The molecule has 2 N–H and O–H groups in total. The zero-order valence-corrected chi connectivity index (χ0v) is 15.3. The molecule has 1 fully saturated rings. The van der Waals surface area contributed by atoms with Crippen LogP contribution in [0.15, 0.2) is 42.5 Å². The first-order valence-electron chi connectivity index (χ1n) is 8.12. The summed E-state index contributed by atoms with van der Waals surface area (Å²) in [6, 6.07) is 11.0. The average molecular weight is 390 g/mol. The second-order valence-corrected chi connectivity index (χ2v) is 7.02. The Morgan fingerprint density at radius 1 is 1.37 bits per heavy atom. The van der Waals surface area contributed by atoms with E-state index in [1.165, 1.54) is 23.9 Å². The van der Waals surface area contributed by atoms with Gasteiger partial charge in [0.15, 0.2) is 0 Å². The number of carboxylic acid groups (broad SMARTS) is 1. The third-order valence-corrected chi connectivity index (χ3v) is 5.38. The number of nitrogens with zero attached hydrogens (tertiary/aromatic N) is 1. The number of non-ortho nitro benzene ring substituents is 1. The van der Waals surface area contributed by atoms with Crippen LogP contribution in [0.25, 0.3) is 0 Å². The van der Waals surface area contributed by atoms with Gasteiger partial charge < -0.3 is 14.6 Å². The van der Waals surface area contributed by atoms with Crippen LogP contribution in [0.5, 0.6) is 11.5 Å². The van der Waals surface area contributed by atoms with Gasteiger partial charge in [-0.2, -0.15) is 0 Å². The lowest BCUT2D eigenvalue weighted by molar-refractivity contribution is -0.384. The quantitative estimate of drug-likeness (QED) is 0.548. The minimum absolute atomic E-state index is 0.0421. The fourth-order valence-electron chi connectivity index (χ4n) is 2.73. The number of ether oxygens (including phenoxy) is 2. The first-order chi connectivity index (χ1) is 13.0. The molecule has 27 heavy (non-hydrogen) atoms. The van der Waals surface area contributed by atoms with Crippen molar-refractivity contribution in [2.75, 3.05) is 12.9 Å². The predicted molar refractivity (Wildman–Crippen MR) is 100 cm³/mol. The van der Waals surface area contributed by atoms with Crippen molar-refractivity contribution in [1.29, 1.82) is 0 Å². The maximum absolute atomic E-state index is 11.1. The lowest BCUT2D eigenvalue weighted by atomic mass is 10.1. The van der Waals surface area contributed by atoms with Gasteiger partial charge in [0, 0.05) is 17.4 Å². The topological polar surface area (TPSA) is 111 Å². The van der Waals surface area contributed by atoms with Crippen LogP contribution in [-0.2, 0) is 11.4 Å². The molecule has 2 aromatic rings. The van der Waals surface area contributed by atoms with Crippen LogP contribution in [0.1, 0.15) is 16.5 Å². The SMILES string of the molecule is COc1ccc([C@@H]2N[C@H](C(=O)O)CS2)cc1COc1cccc([N+](=O)[O-])c1. The highest BCUT2D eigenvalue weighted by atomic mass is 32.2. The summed E-state index contributed by atoms with van der Waals surface area (Å²) in [6.07, 6.45) is 0. The molecule has 0 spiro atoms. The molecular formula is C18H18N2O6S. The van der Waals surface area contributed by atoms with Crippen LogP contribution in [0.4, 0.5) is 5.69 Å². The molecule has 1 aliphatic heterocycles. The van der Waals surface area contributed by atoms with Gasteiger partial charge in [0.25, 0.3) is 5.69 Å². The third-order valence-electron chi connectivity index (χ3n) is 4.11. The molecule has 1 saturated heterocycles. The maximum atomic E-state index is 11.1. The first-order valence-corrected chi connectivity index (χ1v) is 9.17. The summed E-state index contributed by atoms with van der Waals surface area (Å²) >= 11 is 1.53. The van der Waals surface area contributed by atoms with Crippen molar-refractivity contribution in [2.24, 2.45) is 0 Å². The van der Waals surface area contributed by atoms with Crippen molar-refractivity contribution < 1.29 is 24.3 Å². The summed E-state index contributed by atoms with van der Waals surface area (Å²) in [7, 11) is 1.55. The van der Waals surface area contributed by atoms with Gasteiger partial charge in [0.1, 0.15) is 24.1 Å². The maximum Gasteiger partial charge on any atom is 0.321 e. The summed E-state index contributed by atoms with van der Waals surface area (Å²) in [5.41, 5.74) is 1.64. The fraction of sp³-hybridized carbons (Fsp3) is 0.278. The highest BCUT2D eigenvalue weighted by molar-refractivity contribution is 7.99. The van der Waals surface area contributed by atoms with Gasteiger partial charge >= 0.3 is 5.97 Å². The Hall–Kier alpha value is -2.78. The summed E-state index contributed by atoms with van der Waals surface area (Å²) in [4.78, 5) is 21.5. The fourth-order valence-corrected chi connectivity index (χ4v) is 3.95. The molecule has 0 unspecified atom stereocenters. The smallest absolute Gasteiger partial charge is 0.321 e. The van der Waals surface area contributed by atoms with E-state index in [1.807, 2.05) is 12.1 Å². The Morgan fingerprint density at radius 3 is 2.85 bits per heavy atom. The molecular weight excluding hydrogens is 372 g/mol. The Kier molecular flexibility index (Phi) is 5.82. The van der Waals surface area contributed by atoms with Crippen LogP contribution in [0.2, 0.25) is 0 Å². The number of nitrogens with one attached hydrogen (secondary N) is 1. The van der Waals surface area contributed by atoms with Crippen LogP contribution in [-0.4, -0.2) is 34.9 Å². The highest BCUT2D eigenvalue weighted by Gasteiger charge is 2.30. The Morgan fingerprint density at radius 2 is 2.19 bits per heavy atom. The molecule has 2 aromatic carbocycles. The van der Waals surface area contributed by atoms with Gasteiger partial charge in [-0.1, -0.05) is 12.1 Å². The van der Waals surface area contributed by atoms with E-state index >= 15 is 0 Å². The number of carbonyl (C=O) groups is 1. The number of methoxy groups -OCH3 is 1. The summed E-state index contributed by atoms with van der Waals surface area (Å²) in [6.45, 7) is 0.165. The number of thioether (sulfide) groups is 1. The summed E-state index contributed by atoms with van der Waals surface area (Å²) in [5, 5.41) is 22.9. The minimum Gasteiger partial charge on any atom is -0.496 e. The molecule has 1 aliphatic rings. The summed E-state index contributed by atoms with van der Waals surface area (Å²) in [5.74, 6) is 0.636. The van der Waals surface area contributed by atoms with Crippen LogP contribution < -0.4 is 14.8 Å². The van der Waals surface area contributed by atoms with E-state index in [2.05, 4.69) is 5.32 Å². The standard InChI is InChI=1S/C18H18N2O6S/c1-25-16-6-5-11(17-19-15(10-27-17)18(21)22)7-12(16)9-26-14-4-2-3-13(8-14)20(23)24/h2-8,15,17,19H,9-10H2,1H3,(H,21,22)/t15-,17+/m0/s1. The number of benzene rings is 2. The van der Waals surface area contributed by atoms with Gasteiger partial charge in [0.2, 0.25) is 0 Å². The molecule has 142 valence electrons. The summed E-state index contributed by atoms with van der Waals surface area (Å²) < 4.78 is 11.1. The normalized spacial score (nSPS) is 18.9. The Balaban J connectivity index is 1.75. The van der Waals surface area contributed by atoms with E-state index in [0.717, 1.165) is 11.1 Å². The Labute approximate surface area is 159 Å². The lowest BCUT2D eigenvalue weighted by Gasteiger charge is -2.16. The van der Waals surface area contributed by atoms with E-state index in [9.17, 15) is 14.9 Å². The van der Waals surface area contributed by atoms with Gasteiger partial charge in [-0.05, 0) is 23.8 Å². The molecule has 3 rings (SSSR count). The van der Waals surface area contributed by atoms with Crippen LogP contribution >= 0.6 is 11.8 Å². The van der Waals surface area contributed by atoms with Crippen LogP contribution in [0.3, 0.4) is 0 Å². The number of carboxylic acids is 1. The molecule has 0 saturated carbocycles. The second kappa shape index (κ2) is 8.28. The molecule has 9 heteroatoms. The van der Waals surface area contributed by atoms with E-state index in [1.54, 1.807) is 25.3 Å². The van der Waals surface area contributed by atoms with Crippen molar-refractivity contribution in [3.63, 3.8) is 0 Å². The van der Waals surface area contributed by atoms with Crippen molar-refractivity contribution in [1.82, 2.24) is 5.32 Å². The van der Waals surface area contributed by atoms with Crippen LogP contribution in [0, 0.1) is 10.1 Å². The highest BCUT2D eigenvalue weighted by Crippen LogP contribution is 2.35. The molecule has 0 radical (unpaired) electrons. The largest absolute Gasteiger partial charge is 0.496 e. The number of hydrogen-bond donors (Lipinski definition) is 2. The van der Waals surface area contributed by atoms with Crippen molar-refractivity contribution in [3.05, 3.63) is 63.7 Å².